The van der Waals surface area contributed by atoms with E-state index in [0.29, 0.717) is 28.4 Å². The highest BCUT2D eigenvalue weighted by molar-refractivity contribution is 7.80. The molecule has 3 N–H and O–H groups in total. The van der Waals surface area contributed by atoms with Crippen LogP contribution in [0.5, 0.6) is 11.5 Å². The molecule has 0 bridgehead atoms. The Kier molecular flexibility index (Phi) is 7.56. The molecular formula is C23H21N3O4S. The average molecular weight is 436 g/mol. The van der Waals surface area contributed by atoms with Crippen LogP contribution in [0.25, 0.3) is 0 Å². The van der Waals surface area contributed by atoms with Gasteiger partial charge < -0.3 is 20.1 Å². The number of methoxy groups -OCH3 is 1. The molecule has 0 saturated carbocycles. The molecule has 158 valence electrons. The molecule has 0 aliphatic rings. The summed E-state index contributed by atoms with van der Waals surface area (Å²) < 4.78 is 10.5. The maximum Gasteiger partial charge on any atom is 0.264 e. The number of amides is 2. The first-order valence-corrected chi connectivity index (χ1v) is 9.79. The van der Waals surface area contributed by atoms with Crippen molar-refractivity contribution < 1.29 is 19.1 Å². The lowest BCUT2D eigenvalue weighted by Crippen LogP contribution is -2.37. The second-order valence-electron chi connectivity index (χ2n) is 6.33. The number of thiocarbonyl (C=S) groups is 1. The minimum atomic E-state index is -0.431. The number of carbonyl (C=O) groups is 2. The van der Waals surface area contributed by atoms with Gasteiger partial charge in [0.25, 0.3) is 11.8 Å². The van der Waals surface area contributed by atoms with Crippen molar-refractivity contribution in [1.82, 2.24) is 5.32 Å². The molecule has 0 heterocycles. The molecule has 8 heteroatoms. The van der Waals surface area contributed by atoms with Crippen molar-refractivity contribution in [3.8, 4) is 11.5 Å². The van der Waals surface area contributed by atoms with Crippen LogP contribution in [0.15, 0.2) is 78.9 Å². The van der Waals surface area contributed by atoms with E-state index in [1.807, 2.05) is 18.2 Å². The molecule has 0 atom stereocenters. The van der Waals surface area contributed by atoms with E-state index < -0.39 is 5.91 Å². The van der Waals surface area contributed by atoms with Crippen LogP contribution >= 0.6 is 12.2 Å². The highest BCUT2D eigenvalue weighted by Crippen LogP contribution is 2.18. The first-order valence-electron chi connectivity index (χ1n) is 9.38. The molecule has 0 radical (unpaired) electrons. The van der Waals surface area contributed by atoms with E-state index in [2.05, 4.69) is 16.0 Å². The highest BCUT2D eigenvalue weighted by atomic mass is 32.1. The lowest BCUT2D eigenvalue weighted by Gasteiger charge is -2.14. The van der Waals surface area contributed by atoms with Crippen molar-refractivity contribution >= 4 is 40.5 Å². The Bertz CT molecular complexity index is 1060. The molecule has 0 unspecified atom stereocenters. The molecule has 3 rings (SSSR count). The van der Waals surface area contributed by atoms with Crippen LogP contribution in [0.4, 0.5) is 11.4 Å². The number of anilines is 2. The highest BCUT2D eigenvalue weighted by Gasteiger charge is 2.13. The third-order valence-corrected chi connectivity index (χ3v) is 4.34. The van der Waals surface area contributed by atoms with E-state index >= 15 is 0 Å². The van der Waals surface area contributed by atoms with Crippen molar-refractivity contribution in [2.45, 2.75) is 0 Å². The quantitative estimate of drug-likeness (QED) is 0.489. The lowest BCUT2D eigenvalue weighted by molar-refractivity contribution is -0.121. The summed E-state index contributed by atoms with van der Waals surface area (Å²) in [5.74, 6) is 0.487. The van der Waals surface area contributed by atoms with Gasteiger partial charge in [0, 0.05) is 5.69 Å². The van der Waals surface area contributed by atoms with Gasteiger partial charge in [-0.05, 0) is 60.7 Å². The number of hydrogen-bond donors (Lipinski definition) is 3. The van der Waals surface area contributed by atoms with Crippen molar-refractivity contribution in [2.75, 3.05) is 24.4 Å². The summed E-state index contributed by atoms with van der Waals surface area (Å²) in [6.07, 6.45) is 0. The molecule has 3 aromatic rings. The normalized spacial score (nSPS) is 9.97. The Morgan fingerprint density at radius 1 is 0.839 bits per heavy atom. The number of nitrogens with one attached hydrogen (secondary N) is 3. The van der Waals surface area contributed by atoms with E-state index in [9.17, 15) is 9.59 Å². The van der Waals surface area contributed by atoms with Crippen LogP contribution in [0.2, 0.25) is 0 Å². The summed E-state index contributed by atoms with van der Waals surface area (Å²) in [7, 11) is 1.57. The molecule has 0 aliphatic carbocycles. The summed E-state index contributed by atoms with van der Waals surface area (Å²) >= 11 is 5.21. The zero-order valence-corrected chi connectivity index (χ0v) is 17.6. The maximum atomic E-state index is 12.6. The average Bonchev–Trinajstić information content (AvgIpc) is 2.79. The number of carbonyl (C=O) groups excluding carboxylic acids is 2. The maximum absolute atomic E-state index is 12.6. The zero-order valence-electron chi connectivity index (χ0n) is 16.8. The Morgan fingerprint density at radius 3 is 2.19 bits per heavy atom. The van der Waals surface area contributed by atoms with Crippen LogP contribution in [-0.4, -0.2) is 30.6 Å². The monoisotopic (exact) mass is 435 g/mol. The van der Waals surface area contributed by atoms with Crippen LogP contribution < -0.4 is 25.4 Å². The number of hydrogen-bond acceptors (Lipinski definition) is 5. The Balaban J connectivity index is 1.55. The van der Waals surface area contributed by atoms with Crippen molar-refractivity contribution in [1.29, 1.82) is 0 Å². The molecular weight excluding hydrogens is 414 g/mol. The van der Waals surface area contributed by atoms with Gasteiger partial charge >= 0.3 is 0 Å². The topological polar surface area (TPSA) is 88.7 Å². The van der Waals surface area contributed by atoms with Gasteiger partial charge in [0.15, 0.2) is 11.7 Å². The second kappa shape index (κ2) is 10.7. The van der Waals surface area contributed by atoms with Crippen LogP contribution in [0, 0.1) is 0 Å². The van der Waals surface area contributed by atoms with E-state index in [1.165, 1.54) is 0 Å². The predicted molar refractivity (Wildman–Crippen MR) is 124 cm³/mol. The van der Waals surface area contributed by atoms with Gasteiger partial charge in [-0.1, -0.05) is 30.3 Å². The van der Waals surface area contributed by atoms with Crippen LogP contribution in [-0.2, 0) is 4.79 Å². The first kappa shape index (κ1) is 21.8. The number of ether oxygens (including phenoxy) is 2. The van der Waals surface area contributed by atoms with Crippen LogP contribution in [0.1, 0.15) is 10.4 Å². The summed E-state index contributed by atoms with van der Waals surface area (Å²) in [6.45, 7) is -0.218. The fourth-order valence-corrected chi connectivity index (χ4v) is 2.87. The van der Waals surface area contributed by atoms with Gasteiger partial charge in [0.2, 0.25) is 0 Å². The summed E-state index contributed by atoms with van der Waals surface area (Å²) in [6, 6.07) is 22.9. The predicted octanol–water partition coefficient (Wildman–Crippen LogP) is 3.84. The van der Waals surface area contributed by atoms with E-state index in [0.717, 1.165) is 0 Å². The number of benzene rings is 3. The smallest absolute Gasteiger partial charge is 0.264 e. The number of para-hydroxylation sites is 2. The molecule has 7 nitrogen and oxygen atoms in total. The van der Waals surface area contributed by atoms with Gasteiger partial charge in [0.05, 0.1) is 18.4 Å². The Hall–Kier alpha value is -3.91. The van der Waals surface area contributed by atoms with Crippen molar-refractivity contribution in [2.24, 2.45) is 0 Å². The first-order chi connectivity index (χ1) is 15.0. The molecule has 0 spiro atoms. The third-order valence-electron chi connectivity index (χ3n) is 4.13. The molecule has 0 aliphatic heterocycles. The van der Waals surface area contributed by atoms with E-state index in [4.69, 9.17) is 21.7 Å². The Morgan fingerprint density at radius 2 is 1.48 bits per heavy atom. The van der Waals surface area contributed by atoms with Crippen LogP contribution in [0.3, 0.4) is 0 Å². The summed E-state index contributed by atoms with van der Waals surface area (Å²) in [5.41, 5.74) is 1.53. The minimum absolute atomic E-state index is 0.0586. The fourth-order valence-electron chi connectivity index (χ4n) is 2.65. The third kappa shape index (κ3) is 6.55. The molecule has 0 fully saturated rings. The van der Waals surface area contributed by atoms with E-state index in [1.54, 1.807) is 67.8 Å². The SMILES string of the molecule is COc1ccc(OCC(=O)NC(=S)Nc2ccccc2C(=O)Nc2ccccc2)cc1. The van der Waals surface area contributed by atoms with Gasteiger partial charge in [-0.2, -0.15) is 0 Å². The van der Waals surface area contributed by atoms with E-state index in [-0.39, 0.29) is 17.6 Å². The van der Waals surface area contributed by atoms with Gasteiger partial charge in [0.1, 0.15) is 11.5 Å². The Labute approximate surface area is 185 Å². The van der Waals surface area contributed by atoms with Gasteiger partial charge in [-0.25, -0.2) is 0 Å². The summed E-state index contributed by atoms with van der Waals surface area (Å²) in [4.78, 5) is 24.8. The molecule has 0 saturated heterocycles. The second-order valence-corrected chi connectivity index (χ2v) is 6.74. The van der Waals surface area contributed by atoms with Crippen molar-refractivity contribution in [3.63, 3.8) is 0 Å². The fraction of sp³-hybridized carbons (Fsp3) is 0.0870. The standard InChI is InChI=1S/C23H21N3O4S/c1-29-17-11-13-18(14-12-17)30-15-21(27)26-23(31)25-20-10-6-5-9-19(20)22(28)24-16-7-3-2-4-8-16/h2-14H,15H2,1H3,(H,24,28)(H2,25,26,27,31). The summed E-state index contributed by atoms with van der Waals surface area (Å²) in [5, 5.41) is 8.30. The molecule has 31 heavy (non-hydrogen) atoms. The molecule has 0 aromatic heterocycles. The number of rotatable bonds is 7. The molecule has 3 aromatic carbocycles. The van der Waals surface area contributed by atoms with Gasteiger partial charge in [-0.15, -0.1) is 0 Å². The lowest BCUT2D eigenvalue weighted by atomic mass is 10.1. The molecule has 2 amide bonds. The van der Waals surface area contributed by atoms with Crippen molar-refractivity contribution in [3.05, 3.63) is 84.4 Å². The van der Waals surface area contributed by atoms with Gasteiger partial charge in [-0.3, -0.25) is 14.9 Å². The zero-order chi connectivity index (χ0) is 22.1. The largest absolute Gasteiger partial charge is 0.497 e. The minimum Gasteiger partial charge on any atom is -0.497 e.